The van der Waals surface area contributed by atoms with Crippen molar-refractivity contribution in [1.29, 1.82) is 0 Å². The number of hydrogen-bond acceptors (Lipinski definition) is 2. The fourth-order valence-electron chi connectivity index (χ4n) is 10.1. The van der Waals surface area contributed by atoms with Crippen molar-refractivity contribution in [3.8, 4) is 73.0 Å². The number of fused-ring (bicyclic) bond motifs is 7. The molecule has 11 aromatic carbocycles. The average Bonchev–Trinajstić information content (AvgIpc) is 3.74. The molecule has 0 atom stereocenters. The molecule has 0 aliphatic carbocycles. The summed E-state index contributed by atoms with van der Waals surface area (Å²) in [6.45, 7) is 0. The van der Waals surface area contributed by atoms with E-state index in [0.717, 1.165) is 50.5 Å². The van der Waals surface area contributed by atoms with Crippen LogP contribution in [0.15, 0.2) is 249 Å². The molecule has 0 unspecified atom stereocenters. The molecule has 0 aliphatic rings. The van der Waals surface area contributed by atoms with Crippen molar-refractivity contribution in [3.63, 3.8) is 0 Å². The predicted molar refractivity (Wildman–Crippen MR) is 282 cm³/mol. The number of benzene rings is 11. The van der Waals surface area contributed by atoms with E-state index >= 15 is 0 Å². The van der Waals surface area contributed by atoms with E-state index in [1.807, 2.05) is 0 Å². The summed E-state index contributed by atoms with van der Waals surface area (Å²) in [5.74, 6) is 0.680. The van der Waals surface area contributed by atoms with Crippen molar-refractivity contribution in [2.75, 3.05) is 0 Å². The van der Waals surface area contributed by atoms with Gasteiger partial charge in [-0.2, -0.15) is 0 Å². The van der Waals surface area contributed by atoms with Crippen molar-refractivity contribution >= 4 is 54.1 Å². The third-order valence-corrected chi connectivity index (χ3v) is 13.4. The zero-order chi connectivity index (χ0) is 44.3. The second-order valence-electron chi connectivity index (χ2n) is 17.3. The molecule has 0 bridgehead atoms. The lowest BCUT2D eigenvalue weighted by molar-refractivity contribution is 1.18. The molecular formula is C64H41N3. The fourth-order valence-corrected chi connectivity index (χ4v) is 10.1. The van der Waals surface area contributed by atoms with Crippen LogP contribution in [0.5, 0.6) is 0 Å². The van der Waals surface area contributed by atoms with Gasteiger partial charge in [-0.15, -0.1) is 0 Å². The second kappa shape index (κ2) is 16.0. The first-order valence-corrected chi connectivity index (χ1v) is 22.9. The van der Waals surface area contributed by atoms with Gasteiger partial charge in [-0.05, 0) is 108 Å². The van der Waals surface area contributed by atoms with Crippen molar-refractivity contribution in [3.05, 3.63) is 249 Å². The van der Waals surface area contributed by atoms with Gasteiger partial charge >= 0.3 is 0 Å². The molecule has 13 rings (SSSR count). The summed E-state index contributed by atoms with van der Waals surface area (Å²) in [6, 6.07) is 89.4. The van der Waals surface area contributed by atoms with Crippen LogP contribution in [0.2, 0.25) is 0 Å². The van der Waals surface area contributed by atoms with Gasteiger partial charge in [-0.3, -0.25) is 0 Å². The molecule has 3 nitrogen and oxygen atoms in total. The number of rotatable bonds is 7. The lowest BCUT2D eigenvalue weighted by atomic mass is 9.89. The van der Waals surface area contributed by atoms with E-state index in [0.29, 0.717) is 5.82 Å². The first-order valence-electron chi connectivity index (χ1n) is 22.9. The van der Waals surface area contributed by atoms with E-state index in [2.05, 4.69) is 253 Å². The maximum atomic E-state index is 5.35. The van der Waals surface area contributed by atoms with E-state index in [9.17, 15) is 0 Å². The highest BCUT2D eigenvalue weighted by Crippen LogP contribution is 2.41. The maximum absolute atomic E-state index is 5.35. The molecule has 0 amide bonds. The van der Waals surface area contributed by atoms with Crippen LogP contribution >= 0.6 is 0 Å². The normalized spacial score (nSPS) is 11.6. The highest BCUT2D eigenvalue weighted by Gasteiger charge is 2.17. The lowest BCUT2D eigenvalue weighted by Gasteiger charge is -2.15. The molecule has 13 aromatic rings. The van der Waals surface area contributed by atoms with Gasteiger partial charge in [0.05, 0.1) is 22.4 Å². The van der Waals surface area contributed by atoms with Crippen LogP contribution in [-0.4, -0.2) is 14.5 Å². The summed E-state index contributed by atoms with van der Waals surface area (Å²) in [7, 11) is 0. The number of nitrogens with zero attached hydrogens (tertiary/aromatic N) is 3. The van der Waals surface area contributed by atoms with Crippen molar-refractivity contribution in [1.82, 2.24) is 14.5 Å². The summed E-state index contributed by atoms with van der Waals surface area (Å²) in [4.78, 5) is 10.7. The third kappa shape index (κ3) is 6.76. The number of hydrogen-bond donors (Lipinski definition) is 0. The minimum absolute atomic E-state index is 0.680. The Hall–Kier alpha value is -8.92. The van der Waals surface area contributed by atoms with Crippen LogP contribution in [0.25, 0.3) is 127 Å². The SMILES string of the molecule is c1ccc(-c2ccc(-c3cc(-c4cccc(-c5ccc6c7ccccc7n(-c7ccccc7)c6c5)c4)nc(-c4ccc(-c5c6ccccc6cc6c5ccc5ccccc56)cc4)n3)cc2)cc1. The van der Waals surface area contributed by atoms with Gasteiger partial charge in [0.2, 0.25) is 0 Å². The molecule has 0 fully saturated rings. The van der Waals surface area contributed by atoms with E-state index in [-0.39, 0.29) is 0 Å². The monoisotopic (exact) mass is 851 g/mol. The predicted octanol–water partition coefficient (Wildman–Crippen LogP) is 17.0. The molecular weight excluding hydrogens is 811 g/mol. The van der Waals surface area contributed by atoms with E-state index in [4.69, 9.17) is 9.97 Å². The van der Waals surface area contributed by atoms with Crippen LogP contribution in [0.1, 0.15) is 0 Å². The number of para-hydroxylation sites is 2. The first kappa shape index (κ1) is 38.5. The molecule has 0 saturated carbocycles. The molecule has 67 heavy (non-hydrogen) atoms. The van der Waals surface area contributed by atoms with Gasteiger partial charge in [0.25, 0.3) is 0 Å². The van der Waals surface area contributed by atoms with Gasteiger partial charge < -0.3 is 4.57 Å². The quantitative estimate of drug-likeness (QED) is 0.118. The Balaban J connectivity index is 0.938. The fraction of sp³-hybridized carbons (Fsp3) is 0. The minimum Gasteiger partial charge on any atom is -0.309 e. The largest absolute Gasteiger partial charge is 0.309 e. The van der Waals surface area contributed by atoms with Gasteiger partial charge in [-0.1, -0.05) is 206 Å². The zero-order valence-electron chi connectivity index (χ0n) is 36.5. The Morgan fingerprint density at radius 3 is 1.60 bits per heavy atom. The Morgan fingerprint density at radius 2 is 0.791 bits per heavy atom. The number of aromatic nitrogens is 3. The van der Waals surface area contributed by atoms with Crippen LogP contribution in [-0.2, 0) is 0 Å². The molecule has 0 N–H and O–H groups in total. The summed E-state index contributed by atoms with van der Waals surface area (Å²) in [5.41, 5.74) is 15.3. The summed E-state index contributed by atoms with van der Waals surface area (Å²) < 4.78 is 2.38. The second-order valence-corrected chi connectivity index (χ2v) is 17.3. The van der Waals surface area contributed by atoms with E-state index < -0.39 is 0 Å². The Bertz CT molecular complexity index is 4000. The van der Waals surface area contributed by atoms with Gasteiger partial charge in [0, 0.05) is 33.2 Å². The van der Waals surface area contributed by atoms with Crippen LogP contribution in [0.3, 0.4) is 0 Å². The molecule has 3 heteroatoms. The van der Waals surface area contributed by atoms with Crippen molar-refractivity contribution < 1.29 is 0 Å². The molecule has 2 heterocycles. The Morgan fingerprint density at radius 1 is 0.254 bits per heavy atom. The molecule has 312 valence electrons. The molecule has 0 aliphatic heterocycles. The highest BCUT2D eigenvalue weighted by atomic mass is 15.0. The molecule has 0 spiro atoms. The average molecular weight is 852 g/mol. The third-order valence-electron chi connectivity index (χ3n) is 13.4. The summed E-state index contributed by atoms with van der Waals surface area (Å²) >= 11 is 0. The maximum Gasteiger partial charge on any atom is 0.160 e. The van der Waals surface area contributed by atoms with E-state index in [1.165, 1.54) is 70.8 Å². The molecule has 0 saturated heterocycles. The summed E-state index contributed by atoms with van der Waals surface area (Å²) in [5, 5.41) is 9.94. The Labute approximate surface area is 388 Å². The minimum atomic E-state index is 0.680. The van der Waals surface area contributed by atoms with Crippen molar-refractivity contribution in [2.24, 2.45) is 0 Å². The van der Waals surface area contributed by atoms with Crippen LogP contribution < -0.4 is 0 Å². The molecule has 2 aromatic heterocycles. The topological polar surface area (TPSA) is 30.7 Å². The first-order chi connectivity index (χ1) is 33.2. The molecule has 0 radical (unpaired) electrons. The van der Waals surface area contributed by atoms with Crippen LogP contribution in [0, 0.1) is 0 Å². The summed E-state index contributed by atoms with van der Waals surface area (Å²) in [6.07, 6.45) is 0. The lowest BCUT2D eigenvalue weighted by Crippen LogP contribution is -1.96. The van der Waals surface area contributed by atoms with Gasteiger partial charge in [0.1, 0.15) is 0 Å². The van der Waals surface area contributed by atoms with E-state index in [1.54, 1.807) is 0 Å². The zero-order valence-corrected chi connectivity index (χ0v) is 36.5. The van der Waals surface area contributed by atoms with Gasteiger partial charge in [-0.25, -0.2) is 9.97 Å². The van der Waals surface area contributed by atoms with Crippen LogP contribution in [0.4, 0.5) is 0 Å². The smallest absolute Gasteiger partial charge is 0.160 e. The van der Waals surface area contributed by atoms with Gasteiger partial charge in [0.15, 0.2) is 5.82 Å². The highest BCUT2D eigenvalue weighted by molar-refractivity contribution is 6.20. The van der Waals surface area contributed by atoms with Crippen molar-refractivity contribution in [2.45, 2.75) is 0 Å². The standard InChI is InChI=1S/C64H41N3/c1-3-14-42(15-4-1)43-26-28-45(29-27-43)59-41-60(51-19-13-18-48(38-51)49-35-36-56-55-24-11-12-25-61(55)67(62(56)40-49)52-20-5-2-6-21-52)66-64(65-59)47-32-30-46(31-33-47)63-54-23-10-8-17-50(54)39-58-53-22-9-7-16-44(53)34-37-57(58)63/h1-41H. The Kier molecular flexibility index (Phi) is 9.17.